The van der Waals surface area contributed by atoms with E-state index < -0.39 is 0 Å². The van der Waals surface area contributed by atoms with Gasteiger partial charge in [-0.15, -0.1) is 0 Å². The van der Waals surface area contributed by atoms with Gasteiger partial charge >= 0.3 is 0 Å². The molecule has 96 valence electrons. The maximum Gasteiger partial charge on any atom is 0.183 e. The van der Waals surface area contributed by atoms with Crippen LogP contribution in [0.4, 0.5) is 5.69 Å². The molecule has 3 rings (SSSR count). The van der Waals surface area contributed by atoms with Crippen LogP contribution in [0.1, 0.15) is 5.76 Å². The van der Waals surface area contributed by atoms with Crippen LogP contribution >= 0.6 is 31.9 Å². The third kappa shape index (κ3) is 2.79. The van der Waals surface area contributed by atoms with Gasteiger partial charge in [-0.25, -0.2) is 0 Å². The van der Waals surface area contributed by atoms with Crippen LogP contribution in [-0.2, 0) is 6.54 Å². The molecule has 0 atom stereocenters. The Bertz CT molecular complexity index is 707. The summed E-state index contributed by atoms with van der Waals surface area (Å²) in [7, 11) is 0. The van der Waals surface area contributed by atoms with E-state index in [-0.39, 0.29) is 0 Å². The van der Waals surface area contributed by atoms with Crippen molar-refractivity contribution in [3.05, 3.63) is 51.6 Å². The third-order valence-corrected chi connectivity index (χ3v) is 4.34. The van der Waals surface area contributed by atoms with Crippen LogP contribution in [0.25, 0.3) is 11.0 Å². The average molecular weight is 383 g/mol. The van der Waals surface area contributed by atoms with Gasteiger partial charge in [-0.1, -0.05) is 0 Å². The smallest absolute Gasteiger partial charge is 0.183 e. The number of fused-ring (bicyclic) bond motifs is 1. The second-order valence-electron chi connectivity index (χ2n) is 3.95. The van der Waals surface area contributed by atoms with Crippen LogP contribution in [0.2, 0.25) is 0 Å². The van der Waals surface area contributed by atoms with Crippen molar-refractivity contribution in [3.63, 3.8) is 0 Å². The second-order valence-corrected chi connectivity index (χ2v) is 5.52. The summed E-state index contributed by atoms with van der Waals surface area (Å²) in [4.78, 5) is 8.51. The maximum absolute atomic E-state index is 5.50. The number of anilines is 1. The fraction of sp³-hybridized carbons (Fsp3) is 0.0769. The number of furan rings is 1. The van der Waals surface area contributed by atoms with Gasteiger partial charge < -0.3 is 9.73 Å². The Morgan fingerprint density at radius 1 is 1.05 bits per heavy atom. The van der Waals surface area contributed by atoms with Crippen molar-refractivity contribution in [3.8, 4) is 0 Å². The first-order valence-corrected chi connectivity index (χ1v) is 7.19. The number of nitrogens with zero attached hydrogens (tertiary/aromatic N) is 2. The van der Waals surface area contributed by atoms with Gasteiger partial charge in [-0.2, -0.15) is 0 Å². The van der Waals surface area contributed by atoms with E-state index in [0.29, 0.717) is 11.2 Å². The van der Waals surface area contributed by atoms with Crippen LogP contribution in [0.3, 0.4) is 0 Å². The van der Waals surface area contributed by atoms with Crippen LogP contribution in [0.15, 0.2) is 50.2 Å². The summed E-state index contributed by atoms with van der Waals surface area (Å²) in [6, 6.07) is 7.82. The predicted octanol–water partition coefficient (Wildman–Crippen LogP) is 4.36. The summed E-state index contributed by atoms with van der Waals surface area (Å²) >= 11 is 6.70. The molecule has 2 heterocycles. The fourth-order valence-corrected chi connectivity index (χ4v) is 2.40. The maximum atomic E-state index is 5.50. The van der Waals surface area contributed by atoms with Gasteiger partial charge in [0.15, 0.2) is 4.67 Å². The van der Waals surface area contributed by atoms with E-state index in [1.54, 1.807) is 12.4 Å². The summed E-state index contributed by atoms with van der Waals surface area (Å²) in [5.74, 6) is 0.845. The summed E-state index contributed by atoms with van der Waals surface area (Å²) in [5.41, 5.74) is 2.74. The Kier molecular flexibility index (Phi) is 3.52. The first-order valence-electron chi connectivity index (χ1n) is 5.61. The largest absolute Gasteiger partial charge is 0.451 e. The Morgan fingerprint density at radius 3 is 2.58 bits per heavy atom. The van der Waals surface area contributed by atoms with Crippen LogP contribution < -0.4 is 5.32 Å². The van der Waals surface area contributed by atoms with Gasteiger partial charge in [0.2, 0.25) is 0 Å². The molecular formula is C13H9Br2N3O. The van der Waals surface area contributed by atoms with Gasteiger partial charge in [0.05, 0.1) is 22.1 Å². The zero-order valence-corrected chi connectivity index (χ0v) is 12.9. The molecule has 0 aliphatic carbocycles. The monoisotopic (exact) mass is 381 g/mol. The van der Waals surface area contributed by atoms with Crippen molar-refractivity contribution in [2.75, 3.05) is 5.32 Å². The lowest BCUT2D eigenvalue weighted by Crippen LogP contribution is -1.98. The van der Waals surface area contributed by atoms with Gasteiger partial charge in [-0.3, -0.25) is 9.97 Å². The molecule has 0 saturated carbocycles. The second kappa shape index (κ2) is 5.30. The number of aromatic nitrogens is 2. The van der Waals surface area contributed by atoms with E-state index in [1.807, 2.05) is 24.3 Å². The number of hydrogen-bond acceptors (Lipinski definition) is 4. The Balaban J connectivity index is 1.78. The molecule has 0 bridgehead atoms. The molecule has 1 aromatic carbocycles. The summed E-state index contributed by atoms with van der Waals surface area (Å²) in [5, 5.41) is 3.29. The molecule has 0 spiro atoms. The van der Waals surface area contributed by atoms with Crippen molar-refractivity contribution in [2.45, 2.75) is 6.54 Å². The first kappa shape index (κ1) is 12.6. The van der Waals surface area contributed by atoms with Crippen LogP contribution in [0.5, 0.6) is 0 Å². The van der Waals surface area contributed by atoms with E-state index in [0.717, 1.165) is 27.0 Å². The molecule has 0 aliphatic heterocycles. The molecule has 0 amide bonds. The predicted molar refractivity (Wildman–Crippen MR) is 81.0 cm³/mol. The third-order valence-electron chi connectivity index (χ3n) is 2.63. The average Bonchev–Trinajstić information content (AvgIpc) is 2.75. The van der Waals surface area contributed by atoms with E-state index in [1.165, 1.54) is 0 Å². The molecule has 4 nitrogen and oxygen atoms in total. The zero-order valence-electron chi connectivity index (χ0n) is 9.73. The Labute approximate surface area is 126 Å². The number of benzene rings is 1. The molecule has 2 aromatic heterocycles. The van der Waals surface area contributed by atoms with Crippen molar-refractivity contribution in [1.82, 2.24) is 9.97 Å². The lowest BCUT2D eigenvalue weighted by molar-refractivity contribution is 0.494. The minimum absolute atomic E-state index is 0.607. The minimum Gasteiger partial charge on any atom is -0.451 e. The van der Waals surface area contributed by atoms with E-state index >= 15 is 0 Å². The van der Waals surface area contributed by atoms with Crippen LogP contribution in [-0.4, -0.2) is 9.97 Å². The zero-order chi connectivity index (χ0) is 13.2. The van der Waals surface area contributed by atoms with Crippen molar-refractivity contribution in [2.24, 2.45) is 0 Å². The molecule has 3 aromatic rings. The Hall–Kier alpha value is -1.40. The van der Waals surface area contributed by atoms with E-state index in [2.05, 4.69) is 47.1 Å². The van der Waals surface area contributed by atoms with Crippen molar-refractivity contribution in [1.29, 1.82) is 0 Å². The van der Waals surface area contributed by atoms with Gasteiger partial charge in [0, 0.05) is 18.1 Å². The molecular weight excluding hydrogens is 374 g/mol. The first-order chi connectivity index (χ1) is 9.22. The summed E-state index contributed by atoms with van der Waals surface area (Å²) < 4.78 is 7.12. The van der Waals surface area contributed by atoms with Crippen molar-refractivity contribution >= 4 is 48.6 Å². The van der Waals surface area contributed by atoms with Crippen molar-refractivity contribution < 1.29 is 4.42 Å². The highest BCUT2D eigenvalue weighted by Crippen LogP contribution is 2.27. The van der Waals surface area contributed by atoms with E-state index in [4.69, 9.17) is 4.42 Å². The highest BCUT2D eigenvalue weighted by atomic mass is 79.9. The lowest BCUT2D eigenvalue weighted by Gasteiger charge is -2.05. The molecule has 19 heavy (non-hydrogen) atoms. The minimum atomic E-state index is 0.607. The molecule has 0 unspecified atom stereocenters. The highest BCUT2D eigenvalue weighted by Gasteiger charge is 2.06. The molecule has 1 N–H and O–H groups in total. The van der Waals surface area contributed by atoms with E-state index in [9.17, 15) is 0 Å². The van der Waals surface area contributed by atoms with Crippen LogP contribution in [0, 0.1) is 0 Å². The topological polar surface area (TPSA) is 51.0 Å². The SMILES string of the molecule is Brc1cc(CNc2ccc3nccnc3c2)oc1Br. The fourth-order valence-electron chi connectivity index (χ4n) is 1.74. The number of nitrogens with one attached hydrogen (secondary N) is 1. The standard InChI is InChI=1S/C13H9Br2N3O/c14-10-6-9(19-13(10)15)7-18-8-1-2-11-12(5-8)17-4-3-16-11/h1-6,18H,7H2. The lowest BCUT2D eigenvalue weighted by atomic mass is 10.2. The molecule has 6 heteroatoms. The molecule has 0 fully saturated rings. The summed E-state index contributed by atoms with van der Waals surface area (Å²) in [6.07, 6.45) is 3.38. The number of hydrogen-bond donors (Lipinski definition) is 1. The molecule has 0 aliphatic rings. The normalized spacial score (nSPS) is 10.8. The number of rotatable bonds is 3. The van der Waals surface area contributed by atoms with Gasteiger partial charge in [0.25, 0.3) is 0 Å². The molecule has 0 saturated heterocycles. The molecule has 0 radical (unpaired) electrons. The van der Waals surface area contributed by atoms with Gasteiger partial charge in [0.1, 0.15) is 5.76 Å². The Morgan fingerprint density at radius 2 is 1.84 bits per heavy atom. The van der Waals surface area contributed by atoms with Gasteiger partial charge in [-0.05, 0) is 56.1 Å². The number of halogens is 2. The quantitative estimate of drug-likeness (QED) is 0.731. The highest BCUT2D eigenvalue weighted by molar-refractivity contribution is 9.13. The summed E-state index contributed by atoms with van der Waals surface area (Å²) in [6.45, 7) is 0.607.